The topological polar surface area (TPSA) is 136 Å². The molecule has 0 saturated carbocycles. The summed E-state index contributed by atoms with van der Waals surface area (Å²) in [6.45, 7) is 8.59. The van der Waals surface area contributed by atoms with Gasteiger partial charge in [0.15, 0.2) is 6.10 Å². The number of amides is 3. The normalized spacial score (nSPS) is 23.4. The molecule has 218 valence electrons. The van der Waals surface area contributed by atoms with Gasteiger partial charge < -0.3 is 15.0 Å². The first-order chi connectivity index (χ1) is 19.3. The number of aryl methyl sites for hydroxylation is 1. The van der Waals surface area contributed by atoms with Crippen LogP contribution >= 0.6 is 11.6 Å². The second kappa shape index (κ2) is 12.0. The minimum absolute atomic E-state index is 0.0268. The quantitative estimate of drug-likeness (QED) is 0.451. The molecule has 41 heavy (non-hydrogen) atoms. The number of pyridine rings is 1. The molecule has 0 spiro atoms. The van der Waals surface area contributed by atoms with Crippen molar-refractivity contribution in [3.05, 3.63) is 58.1 Å². The van der Waals surface area contributed by atoms with E-state index in [9.17, 15) is 24.0 Å². The highest BCUT2D eigenvalue weighted by atomic mass is 35.5. The second-order valence-corrected chi connectivity index (χ2v) is 11.6. The van der Waals surface area contributed by atoms with Crippen molar-refractivity contribution in [2.45, 2.75) is 84.2 Å². The fourth-order valence-corrected chi connectivity index (χ4v) is 5.53. The SMILES string of the molecule is Cc1nc(C(=O)N[C@H](C)C(=O)N2[C@H](c3cc(Cl)ccc3F)CC[C@@H]2C(C)(C)C#N)ccc1OC1CC(C)NNC1=O. The third kappa shape index (κ3) is 6.44. The van der Waals surface area contributed by atoms with E-state index in [1.54, 1.807) is 33.8 Å². The van der Waals surface area contributed by atoms with Crippen molar-refractivity contribution in [3.8, 4) is 11.8 Å². The van der Waals surface area contributed by atoms with E-state index in [0.717, 1.165) is 0 Å². The van der Waals surface area contributed by atoms with E-state index < -0.39 is 47.3 Å². The highest BCUT2D eigenvalue weighted by Gasteiger charge is 2.47. The van der Waals surface area contributed by atoms with Gasteiger partial charge in [-0.15, -0.1) is 0 Å². The molecule has 0 aliphatic carbocycles. The molecule has 3 N–H and O–H groups in total. The summed E-state index contributed by atoms with van der Waals surface area (Å²) >= 11 is 6.15. The van der Waals surface area contributed by atoms with Crippen LogP contribution in [0.5, 0.6) is 5.75 Å². The van der Waals surface area contributed by atoms with Crippen molar-refractivity contribution in [1.82, 2.24) is 26.1 Å². The van der Waals surface area contributed by atoms with Crippen LogP contribution in [0.2, 0.25) is 5.02 Å². The molecule has 3 heterocycles. The largest absolute Gasteiger partial charge is 0.479 e. The van der Waals surface area contributed by atoms with Crippen molar-refractivity contribution in [1.29, 1.82) is 5.26 Å². The van der Waals surface area contributed by atoms with Crippen molar-refractivity contribution in [3.63, 3.8) is 0 Å². The molecular weight excluding hydrogens is 551 g/mol. The Balaban J connectivity index is 1.52. The van der Waals surface area contributed by atoms with Crippen LogP contribution in [0.1, 0.15) is 74.7 Å². The number of halogens is 2. The van der Waals surface area contributed by atoms with Crippen molar-refractivity contribution in [2.24, 2.45) is 5.41 Å². The molecule has 0 bridgehead atoms. The number of nitriles is 1. The molecule has 2 aromatic rings. The first-order valence-electron chi connectivity index (χ1n) is 13.5. The van der Waals surface area contributed by atoms with E-state index in [4.69, 9.17) is 16.3 Å². The van der Waals surface area contributed by atoms with E-state index in [1.165, 1.54) is 29.2 Å². The van der Waals surface area contributed by atoms with E-state index >= 15 is 0 Å². The van der Waals surface area contributed by atoms with E-state index in [2.05, 4.69) is 27.2 Å². The number of carbonyl (C=O) groups excluding carboxylic acids is 3. The zero-order valence-electron chi connectivity index (χ0n) is 23.6. The standard InChI is InChI=1S/C29H34ClFN6O4/c1-15-12-24(27(39)36-35-15)41-23-10-8-21(33-16(23)2)26(38)34-17(3)28(40)37-22(9-11-25(37)29(4,5)14-32)19-13-18(30)6-7-20(19)31/h6-8,10,13,15,17,22,24-25,35H,9,11-12H2,1-5H3,(H,34,38)(H,36,39)/t15?,17-,22+,24?,25-/m1/s1. The van der Waals surface area contributed by atoms with Crippen LogP contribution in [0.4, 0.5) is 4.39 Å². The number of nitrogens with one attached hydrogen (secondary N) is 3. The number of hydrogen-bond acceptors (Lipinski definition) is 7. The summed E-state index contributed by atoms with van der Waals surface area (Å²) in [5.41, 5.74) is 5.23. The van der Waals surface area contributed by atoms with Gasteiger partial charge >= 0.3 is 0 Å². The second-order valence-electron chi connectivity index (χ2n) is 11.2. The summed E-state index contributed by atoms with van der Waals surface area (Å²) in [5, 5.41) is 12.9. The molecule has 5 atom stereocenters. The Morgan fingerprint density at radius 3 is 2.71 bits per heavy atom. The number of nitrogens with zero attached hydrogens (tertiary/aromatic N) is 3. The minimum atomic E-state index is -1.000. The highest BCUT2D eigenvalue weighted by molar-refractivity contribution is 6.30. The zero-order valence-corrected chi connectivity index (χ0v) is 24.4. The first kappa shape index (κ1) is 30.2. The first-order valence-corrected chi connectivity index (χ1v) is 13.9. The van der Waals surface area contributed by atoms with E-state index in [-0.39, 0.29) is 23.2 Å². The van der Waals surface area contributed by atoms with Gasteiger partial charge in [0.05, 0.1) is 29.3 Å². The molecule has 2 fully saturated rings. The lowest BCUT2D eigenvalue weighted by molar-refractivity contribution is -0.137. The Hall–Kier alpha value is -3.75. The summed E-state index contributed by atoms with van der Waals surface area (Å²) in [7, 11) is 0. The third-order valence-corrected chi connectivity index (χ3v) is 7.87. The molecular formula is C29H34ClFN6O4. The van der Waals surface area contributed by atoms with Crippen LogP contribution in [0.3, 0.4) is 0 Å². The molecule has 1 aromatic carbocycles. The number of hydrazine groups is 1. The number of ether oxygens (including phenoxy) is 1. The van der Waals surface area contributed by atoms with Gasteiger partial charge in [0.2, 0.25) is 5.91 Å². The monoisotopic (exact) mass is 584 g/mol. The van der Waals surface area contributed by atoms with Crippen LogP contribution < -0.4 is 20.9 Å². The maximum atomic E-state index is 14.9. The molecule has 3 amide bonds. The molecule has 0 radical (unpaired) electrons. The minimum Gasteiger partial charge on any atom is -0.479 e. The number of hydrogen-bond donors (Lipinski definition) is 3. The predicted octanol–water partition coefficient (Wildman–Crippen LogP) is 3.74. The van der Waals surface area contributed by atoms with Crippen molar-refractivity contribution in [2.75, 3.05) is 0 Å². The van der Waals surface area contributed by atoms with Crippen LogP contribution in [0.25, 0.3) is 0 Å². The Morgan fingerprint density at radius 2 is 2.02 bits per heavy atom. The summed E-state index contributed by atoms with van der Waals surface area (Å²) < 4.78 is 20.7. The lowest BCUT2D eigenvalue weighted by Crippen LogP contribution is -2.56. The highest BCUT2D eigenvalue weighted by Crippen LogP contribution is 2.44. The summed E-state index contributed by atoms with van der Waals surface area (Å²) in [5.74, 6) is -1.47. The Morgan fingerprint density at radius 1 is 1.29 bits per heavy atom. The molecule has 2 aliphatic heterocycles. The number of benzene rings is 1. The fourth-order valence-electron chi connectivity index (χ4n) is 5.35. The van der Waals surface area contributed by atoms with Gasteiger partial charge in [0.1, 0.15) is 23.3 Å². The van der Waals surface area contributed by atoms with Crippen molar-refractivity contribution < 1.29 is 23.5 Å². The maximum Gasteiger partial charge on any atom is 0.275 e. The van der Waals surface area contributed by atoms with Crippen LogP contribution in [0.15, 0.2) is 30.3 Å². The van der Waals surface area contributed by atoms with Gasteiger partial charge in [-0.05, 0) is 77.8 Å². The summed E-state index contributed by atoms with van der Waals surface area (Å²) in [4.78, 5) is 44.9. The van der Waals surface area contributed by atoms with Crippen molar-refractivity contribution >= 4 is 29.3 Å². The molecule has 2 saturated heterocycles. The molecule has 12 heteroatoms. The Bertz CT molecular complexity index is 1400. The van der Waals surface area contributed by atoms with Gasteiger partial charge in [0.25, 0.3) is 11.8 Å². The number of carbonyl (C=O) groups is 3. The molecule has 2 aliphatic rings. The van der Waals surface area contributed by atoms with Gasteiger partial charge in [-0.3, -0.25) is 19.8 Å². The maximum absolute atomic E-state index is 14.9. The average Bonchev–Trinajstić information content (AvgIpc) is 3.38. The smallest absolute Gasteiger partial charge is 0.275 e. The van der Waals surface area contributed by atoms with E-state index in [0.29, 0.717) is 35.7 Å². The fraction of sp³-hybridized carbons (Fsp3) is 0.483. The van der Waals surface area contributed by atoms with Crippen LogP contribution in [0, 0.1) is 29.5 Å². The lowest BCUT2D eigenvalue weighted by atomic mass is 9.84. The molecule has 1 aromatic heterocycles. The van der Waals surface area contributed by atoms with Gasteiger partial charge in [-0.1, -0.05) is 11.6 Å². The van der Waals surface area contributed by atoms with Crippen LogP contribution in [-0.2, 0) is 9.59 Å². The van der Waals surface area contributed by atoms with Gasteiger partial charge in [-0.2, -0.15) is 5.26 Å². The predicted molar refractivity (Wildman–Crippen MR) is 149 cm³/mol. The molecule has 2 unspecified atom stereocenters. The van der Waals surface area contributed by atoms with Gasteiger partial charge in [-0.25, -0.2) is 14.8 Å². The number of aromatic nitrogens is 1. The molecule has 4 rings (SSSR count). The Kier molecular flexibility index (Phi) is 8.85. The van der Waals surface area contributed by atoms with Gasteiger partial charge in [0, 0.05) is 23.0 Å². The summed E-state index contributed by atoms with van der Waals surface area (Å²) in [6, 6.07) is 7.35. The number of likely N-dealkylation sites (tertiary alicyclic amines) is 1. The average molecular weight is 585 g/mol. The third-order valence-electron chi connectivity index (χ3n) is 7.64. The Labute approximate surface area is 243 Å². The molecule has 10 nitrogen and oxygen atoms in total. The zero-order chi connectivity index (χ0) is 30.1. The van der Waals surface area contributed by atoms with E-state index in [1.807, 2.05) is 6.92 Å². The van der Waals surface area contributed by atoms with Crippen LogP contribution in [-0.4, -0.2) is 51.8 Å². The number of rotatable bonds is 7. The summed E-state index contributed by atoms with van der Waals surface area (Å²) in [6.07, 6.45) is 0.690. The lowest BCUT2D eigenvalue weighted by Gasteiger charge is -2.38.